The van der Waals surface area contributed by atoms with Crippen LogP contribution in [0.25, 0.3) is 11.0 Å². The second kappa shape index (κ2) is 4.66. The summed E-state index contributed by atoms with van der Waals surface area (Å²) >= 11 is 0. The maximum Gasteiger partial charge on any atom is 0.268 e. The summed E-state index contributed by atoms with van der Waals surface area (Å²) in [6.07, 6.45) is 5.38. The van der Waals surface area contributed by atoms with Crippen molar-refractivity contribution in [2.45, 2.75) is 6.42 Å². The van der Waals surface area contributed by atoms with Crippen LogP contribution >= 0.6 is 0 Å². The first-order valence-corrected chi connectivity index (χ1v) is 9.02. The predicted octanol–water partition coefficient (Wildman–Crippen LogP) is 1.12. The normalized spacial score (nSPS) is 36.5. The lowest BCUT2D eigenvalue weighted by molar-refractivity contribution is -0.139. The summed E-state index contributed by atoms with van der Waals surface area (Å²) < 4.78 is 1.18. The Morgan fingerprint density at radius 2 is 1.69 bits per heavy atom. The Kier molecular flexibility index (Phi) is 2.57. The maximum atomic E-state index is 12.9. The zero-order valence-corrected chi connectivity index (χ0v) is 13.9. The molecule has 0 radical (unpaired) electrons. The summed E-state index contributed by atoms with van der Waals surface area (Å²) in [5.41, 5.74) is 1.19. The zero-order valence-electron chi connectivity index (χ0n) is 13.9. The second-order valence-electron chi connectivity index (χ2n) is 7.80. The summed E-state index contributed by atoms with van der Waals surface area (Å²) in [5, 5.41) is 7.86. The SMILES string of the molecule is O=C1[C@@H]2[C@H]3C=C[C@@H]([C@@H]4C[C@@H]34)[C@@H]2C(=O)N1CC(=O)n1nnc2ccccc21. The van der Waals surface area contributed by atoms with Gasteiger partial charge in [0, 0.05) is 0 Å². The summed E-state index contributed by atoms with van der Waals surface area (Å²) in [5.74, 6) is 0.0888. The van der Waals surface area contributed by atoms with Crippen molar-refractivity contribution in [3.05, 3.63) is 36.4 Å². The van der Waals surface area contributed by atoms with Crippen molar-refractivity contribution in [1.29, 1.82) is 0 Å². The number of hydrogen-bond acceptors (Lipinski definition) is 5. The molecule has 7 heteroatoms. The number of carbonyl (C=O) groups is 3. The largest absolute Gasteiger partial charge is 0.274 e. The highest BCUT2D eigenvalue weighted by atomic mass is 16.2. The Balaban J connectivity index is 1.31. The van der Waals surface area contributed by atoms with E-state index in [1.54, 1.807) is 18.2 Å². The Labute approximate surface area is 148 Å². The lowest BCUT2D eigenvalue weighted by Crippen LogP contribution is -2.40. The van der Waals surface area contributed by atoms with E-state index in [2.05, 4.69) is 22.5 Å². The molecule has 5 aliphatic rings. The Morgan fingerprint density at radius 3 is 2.38 bits per heavy atom. The zero-order chi connectivity index (χ0) is 17.6. The summed E-state index contributed by atoms with van der Waals surface area (Å²) in [4.78, 5) is 39.8. The number of nitrogens with zero attached hydrogens (tertiary/aromatic N) is 4. The van der Waals surface area contributed by atoms with Gasteiger partial charge in [-0.3, -0.25) is 19.3 Å². The van der Waals surface area contributed by atoms with Crippen molar-refractivity contribution in [1.82, 2.24) is 19.9 Å². The molecule has 0 unspecified atom stereocenters. The van der Waals surface area contributed by atoms with E-state index in [-0.39, 0.29) is 42.0 Å². The first-order chi connectivity index (χ1) is 12.6. The molecule has 4 aliphatic carbocycles. The highest BCUT2D eigenvalue weighted by Gasteiger charge is 2.67. The van der Waals surface area contributed by atoms with Crippen molar-refractivity contribution < 1.29 is 14.4 Å². The number of allylic oxidation sites excluding steroid dienone is 2. The molecule has 2 bridgehead atoms. The number of aromatic nitrogens is 3. The van der Waals surface area contributed by atoms with Crippen LogP contribution in [0.3, 0.4) is 0 Å². The molecule has 2 saturated carbocycles. The van der Waals surface area contributed by atoms with Gasteiger partial charge in [0.05, 0.1) is 17.4 Å². The fraction of sp³-hybridized carbons (Fsp3) is 0.421. The smallest absolute Gasteiger partial charge is 0.268 e. The summed E-state index contributed by atoms with van der Waals surface area (Å²) in [7, 11) is 0. The highest BCUT2D eigenvalue weighted by molar-refractivity contribution is 6.08. The van der Waals surface area contributed by atoms with Gasteiger partial charge in [-0.15, -0.1) is 5.10 Å². The average Bonchev–Trinajstić information content (AvgIpc) is 3.32. The van der Waals surface area contributed by atoms with Crippen LogP contribution in [0.1, 0.15) is 11.2 Å². The Bertz CT molecular complexity index is 989. The maximum absolute atomic E-state index is 12.9. The van der Waals surface area contributed by atoms with Crippen molar-refractivity contribution in [2.75, 3.05) is 6.54 Å². The fourth-order valence-electron chi connectivity index (χ4n) is 5.43. The molecule has 130 valence electrons. The molecule has 3 fully saturated rings. The molecule has 2 amide bonds. The minimum absolute atomic E-state index is 0.166. The molecular formula is C19H16N4O3. The Hall–Kier alpha value is -2.83. The van der Waals surface area contributed by atoms with Crippen molar-refractivity contribution in [3.8, 4) is 0 Å². The van der Waals surface area contributed by atoms with Crippen molar-refractivity contribution >= 4 is 28.8 Å². The monoisotopic (exact) mass is 348 g/mol. The third-order valence-electron chi connectivity index (χ3n) is 6.64. The molecule has 1 saturated heterocycles. The van der Waals surface area contributed by atoms with Gasteiger partial charge in [-0.2, -0.15) is 4.68 Å². The van der Waals surface area contributed by atoms with Crippen LogP contribution in [-0.4, -0.2) is 44.2 Å². The molecule has 2 heterocycles. The van der Waals surface area contributed by atoms with Gasteiger partial charge in [0.15, 0.2) is 0 Å². The van der Waals surface area contributed by atoms with E-state index < -0.39 is 5.91 Å². The number of likely N-dealkylation sites (tertiary alicyclic amines) is 1. The van der Waals surface area contributed by atoms with Crippen LogP contribution in [0.15, 0.2) is 36.4 Å². The van der Waals surface area contributed by atoms with E-state index in [0.717, 1.165) is 11.3 Å². The third-order valence-corrected chi connectivity index (χ3v) is 6.64. The van der Waals surface area contributed by atoms with E-state index in [9.17, 15) is 14.4 Å². The third kappa shape index (κ3) is 1.65. The quantitative estimate of drug-likeness (QED) is 0.600. The van der Waals surface area contributed by atoms with Gasteiger partial charge in [0.1, 0.15) is 12.1 Å². The van der Waals surface area contributed by atoms with Crippen molar-refractivity contribution in [2.24, 2.45) is 35.5 Å². The fourth-order valence-corrected chi connectivity index (χ4v) is 5.43. The van der Waals surface area contributed by atoms with Gasteiger partial charge in [0.25, 0.3) is 5.91 Å². The average molecular weight is 348 g/mol. The van der Waals surface area contributed by atoms with Gasteiger partial charge in [-0.1, -0.05) is 29.5 Å². The van der Waals surface area contributed by atoms with Gasteiger partial charge in [-0.25, -0.2) is 0 Å². The minimum Gasteiger partial charge on any atom is -0.274 e. The lowest BCUT2D eigenvalue weighted by atomic mass is 9.63. The van der Waals surface area contributed by atoms with Gasteiger partial charge in [0.2, 0.25) is 11.8 Å². The van der Waals surface area contributed by atoms with Gasteiger partial charge >= 0.3 is 0 Å². The van der Waals surface area contributed by atoms with E-state index in [0.29, 0.717) is 22.9 Å². The molecule has 1 aromatic heterocycles. The molecule has 0 spiro atoms. The number of imide groups is 1. The molecule has 6 atom stereocenters. The number of fused-ring (bicyclic) bond motifs is 1. The van der Waals surface area contributed by atoms with Crippen LogP contribution in [0, 0.1) is 35.5 Å². The molecule has 7 nitrogen and oxygen atoms in total. The van der Waals surface area contributed by atoms with Crippen LogP contribution in [-0.2, 0) is 9.59 Å². The molecule has 2 aromatic rings. The van der Waals surface area contributed by atoms with E-state index >= 15 is 0 Å². The number of benzene rings is 1. The van der Waals surface area contributed by atoms with Crippen LogP contribution in [0.4, 0.5) is 0 Å². The number of carbonyl (C=O) groups excluding carboxylic acids is 3. The molecule has 7 rings (SSSR count). The van der Waals surface area contributed by atoms with Gasteiger partial charge < -0.3 is 0 Å². The lowest BCUT2D eigenvalue weighted by Gasteiger charge is -2.37. The number of rotatable bonds is 2. The molecule has 26 heavy (non-hydrogen) atoms. The van der Waals surface area contributed by atoms with E-state index in [1.807, 2.05) is 6.07 Å². The Morgan fingerprint density at radius 1 is 1.04 bits per heavy atom. The predicted molar refractivity (Wildman–Crippen MR) is 89.6 cm³/mol. The highest BCUT2D eigenvalue weighted by Crippen LogP contribution is 2.65. The summed E-state index contributed by atoms with van der Waals surface area (Å²) in [6.45, 7) is -0.271. The second-order valence-corrected chi connectivity index (χ2v) is 7.80. The first kappa shape index (κ1) is 14.4. The van der Waals surface area contributed by atoms with E-state index in [4.69, 9.17) is 0 Å². The summed E-state index contributed by atoms with van der Waals surface area (Å²) in [6, 6.07) is 7.13. The number of para-hydroxylation sites is 1. The van der Waals surface area contributed by atoms with E-state index in [1.165, 1.54) is 4.68 Å². The minimum atomic E-state index is -0.412. The molecule has 1 aliphatic heterocycles. The van der Waals surface area contributed by atoms with Crippen LogP contribution < -0.4 is 0 Å². The molecule has 0 N–H and O–H groups in total. The first-order valence-electron chi connectivity index (χ1n) is 9.02. The van der Waals surface area contributed by atoms with Crippen LogP contribution in [0.5, 0.6) is 0 Å². The van der Waals surface area contributed by atoms with Crippen molar-refractivity contribution in [3.63, 3.8) is 0 Å². The topological polar surface area (TPSA) is 85.2 Å². The molecule has 1 aromatic carbocycles. The number of amides is 2. The van der Waals surface area contributed by atoms with Crippen LogP contribution in [0.2, 0.25) is 0 Å². The molecular weight excluding hydrogens is 332 g/mol. The van der Waals surface area contributed by atoms with Gasteiger partial charge in [-0.05, 0) is 42.2 Å². The standard InChI is InChI=1S/C19H16N4O3/c24-15(23-14-4-2-1-3-13(14)20-21-23)8-22-18(25)16-9-5-6-10(12-7-11(9)12)17(16)19(22)26/h1-6,9-12,16-17H,7-8H2/t9-,10-,11-,12-,16-,17+/m0/s1. The number of hydrogen-bond donors (Lipinski definition) is 0.